The van der Waals surface area contributed by atoms with Crippen LogP contribution in [-0.4, -0.2) is 21.7 Å². The van der Waals surface area contributed by atoms with E-state index in [2.05, 4.69) is 10.4 Å². The van der Waals surface area contributed by atoms with E-state index in [1.165, 1.54) is 4.68 Å². The SMILES string of the molecule is Cc1cc(N/C=C/C(=O)C(F)(F)F)n(-c2ccccc2)n1. The zero-order chi connectivity index (χ0) is 15.5. The molecule has 4 nitrogen and oxygen atoms in total. The van der Waals surface area contributed by atoms with E-state index in [-0.39, 0.29) is 0 Å². The summed E-state index contributed by atoms with van der Waals surface area (Å²) in [6, 6.07) is 10.8. The summed E-state index contributed by atoms with van der Waals surface area (Å²) in [5, 5.41) is 6.88. The Morgan fingerprint density at radius 2 is 1.95 bits per heavy atom. The number of alkyl halides is 3. The Morgan fingerprint density at radius 1 is 1.29 bits per heavy atom. The largest absolute Gasteiger partial charge is 0.454 e. The van der Waals surface area contributed by atoms with E-state index in [9.17, 15) is 18.0 Å². The monoisotopic (exact) mass is 295 g/mol. The van der Waals surface area contributed by atoms with Crippen molar-refractivity contribution in [1.82, 2.24) is 9.78 Å². The molecule has 0 aliphatic heterocycles. The predicted molar refractivity (Wildman–Crippen MR) is 72.1 cm³/mol. The molecule has 0 spiro atoms. The maximum absolute atomic E-state index is 12.1. The fraction of sp³-hybridized carbons (Fsp3) is 0.143. The van der Waals surface area contributed by atoms with Crippen LogP contribution < -0.4 is 5.32 Å². The minimum Gasteiger partial charge on any atom is -0.346 e. The summed E-state index contributed by atoms with van der Waals surface area (Å²) >= 11 is 0. The van der Waals surface area contributed by atoms with Gasteiger partial charge in [-0.05, 0) is 19.1 Å². The minimum atomic E-state index is -4.87. The number of para-hydroxylation sites is 1. The number of hydrogen-bond donors (Lipinski definition) is 1. The van der Waals surface area contributed by atoms with Gasteiger partial charge in [0.05, 0.1) is 11.4 Å². The lowest BCUT2D eigenvalue weighted by atomic mass is 10.3. The molecule has 0 radical (unpaired) electrons. The highest BCUT2D eigenvalue weighted by Gasteiger charge is 2.36. The number of rotatable bonds is 4. The van der Waals surface area contributed by atoms with E-state index in [0.717, 1.165) is 11.9 Å². The number of benzene rings is 1. The molecule has 1 aromatic heterocycles. The second kappa shape index (κ2) is 5.82. The number of hydrogen-bond acceptors (Lipinski definition) is 3. The molecule has 0 bridgehead atoms. The van der Waals surface area contributed by atoms with E-state index in [0.29, 0.717) is 17.6 Å². The summed E-state index contributed by atoms with van der Waals surface area (Å²) in [6.07, 6.45) is -3.48. The number of carbonyl (C=O) groups is 1. The molecule has 0 atom stereocenters. The molecule has 1 aromatic carbocycles. The highest BCUT2D eigenvalue weighted by Crippen LogP contribution is 2.18. The second-order valence-corrected chi connectivity index (χ2v) is 4.26. The zero-order valence-electron chi connectivity index (χ0n) is 11.1. The van der Waals surface area contributed by atoms with Crippen LogP contribution in [0.5, 0.6) is 0 Å². The van der Waals surface area contributed by atoms with Gasteiger partial charge in [-0.1, -0.05) is 18.2 Å². The van der Waals surface area contributed by atoms with Crippen LogP contribution in [0.3, 0.4) is 0 Å². The van der Waals surface area contributed by atoms with Crippen molar-refractivity contribution in [2.45, 2.75) is 13.1 Å². The van der Waals surface area contributed by atoms with Gasteiger partial charge in [-0.2, -0.15) is 18.3 Å². The van der Waals surface area contributed by atoms with Gasteiger partial charge in [0.25, 0.3) is 5.78 Å². The summed E-state index contributed by atoms with van der Waals surface area (Å²) in [5.74, 6) is -1.46. The molecule has 0 amide bonds. The minimum absolute atomic E-state index is 0.442. The van der Waals surface area contributed by atoms with Gasteiger partial charge in [-0.25, -0.2) is 4.68 Å². The Morgan fingerprint density at radius 3 is 2.57 bits per heavy atom. The van der Waals surface area contributed by atoms with Crippen LogP contribution in [0.15, 0.2) is 48.7 Å². The highest BCUT2D eigenvalue weighted by molar-refractivity contribution is 5.94. The molecule has 1 N–H and O–H groups in total. The number of aromatic nitrogens is 2. The lowest BCUT2D eigenvalue weighted by molar-refractivity contribution is -0.165. The van der Waals surface area contributed by atoms with Gasteiger partial charge in [0.2, 0.25) is 0 Å². The van der Waals surface area contributed by atoms with Crippen molar-refractivity contribution < 1.29 is 18.0 Å². The molecule has 21 heavy (non-hydrogen) atoms. The Hall–Kier alpha value is -2.57. The smallest absolute Gasteiger partial charge is 0.346 e. The Bertz CT molecular complexity index is 660. The zero-order valence-corrected chi connectivity index (χ0v) is 11.1. The number of ketones is 1. The molecule has 0 saturated heterocycles. The topological polar surface area (TPSA) is 46.9 Å². The number of carbonyl (C=O) groups excluding carboxylic acids is 1. The molecule has 2 aromatic rings. The molecule has 0 aliphatic carbocycles. The molecule has 0 unspecified atom stereocenters. The van der Waals surface area contributed by atoms with Crippen LogP contribution >= 0.6 is 0 Å². The van der Waals surface area contributed by atoms with Crippen LogP contribution in [0.25, 0.3) is 5.69 Å². The van der Waals surface area contributed by atoms with Gasteiger partial charge in [-0.3, -0.25) is 4.79 Å². The second-order valence-electron chi connectivity index (χ2n) is 4.26. The summed E-state index contributed by atoms with van der Waals surface area (Å²) in [4.78, 5) is 10.7. The molecular weight excluding hydrogens is 283 g/mol. The predicted octanol–water partition coefficient (Wildman–Crippen LogP) is 3.24. The first-order valence-corrected chi connectivity index (χ1v) is 6.04. The first kappa shape index (κ1) is 14.8. The molecule has 0 fully saturated rings. The van der Waals surface area contributed by atoms with Gasteiger partial charge < -0.3 is 5.32 Å². The number of anilines is 1. The molecular formula is C14H12F3N3O. The third-order valence-corrected chi connectivity index (χ3v) is 2.58. The molecule has 2 rings (SSSR count). The van der Waals surface area contributed by atoms with Crippen molar-refractivity contribution in [3.05, 3.63) is 54.4 Å². The average Bonchev–Trinajstić information content (AvgIpc) is 2.80. The van der Waals surface area contributed by atoms with Crippen LogP contribution in [-0.2, 0) is 4.79 Å². The first-order chi connectivity index (χ1) is 9.88. The van der Waals surface area contributed by atoms with Crippen molar-refractivity contribution in [3.63, 3.8) is 0 Å². The molecule has 110 valence electrons. The number of nitrogens with one attached hydrogen (secondary N) is 1. The first-order valence-electron chi connectivity index (χ1n) is 6.04. The lowest BCUT2D eigenvalue weighted by Crippen LogP contribution is -2.20. The van der Waals surface area contributed by atoms with Crippen LogP contribution in [0.2, 0.25) is 0 Å². The van der Waals surface area contributed by atoms with Crippen molar-refractivity contribution in [2.24, 2.45) is 0 Å². The van der Waals surface area contributed by atoms with Crippen molar-refractivity contribution in [1.29, 1.82) is 0 Å². The van der Waals surface area contributed by atoms with Crippen molar-refractivity contribution in [2.75, 3.05) is 5.32 Å². The standard InChI is InChI=1S/C14H12F3N3O/c1-10-9-13(18-8-7-12(21)14(15,16)17)20(19-10)11-5-3-2-4-6-11/h2-9,18H,1H3/b8-7+. The third-order valence-electron chi connectivity index (χ3n) is 2.58. The maximum atomic E-state index is 12.1. The van der Waals surface area contributed by atoms with E-state index >= 15 is 0 Å². The summed E-state index contributed by atoms with van der Waals surface area (Å²) in [5.41, 5.74) is 1.44. The van der Waals surface area contributed by atoms with E-state index in [4.69, 9.17) is 0 Å². The fourth-order valence-electron chi connectivity index (χ4n) is 1.67. The summed E-state index contributed by atoms with van der Waals surface area (Å²) < 4.78 is 37.8. The van der Waals surface area contributed by atoms with E-state index < -0.39 is 12.0 Å². The van der Waals surface area contributed by atoms with Crippen LogP contribution in [0.4, 0.5) is 19.0 Å². The van der Waals surface area contributed by atoms with Crippen LogP contribution in [0.1, 0.15) is 5.69 Å². The summed E-state index contributed by atoms with van der Waals surface area (Å²) in [6.45, 7) is 1.76. The Balaban J connectivity index is 2.19. The molecule has 1 heterocycles. The number of aryl methyl sites for hydroxylation is 1. The fourth-order valence-corrected chi connectivity index (χ4v) is 1.67. The molecule has 7 heteroatoms. The summed E-state index contributed by atoms with van der Waals surface area (Å²) in [7, 11) is 0. The Kier molecular flexibility index (Phi) is 4.11. The van der Waals surface area contributed by atoms with E-state index in [1.807, 2.05) is 30.3 Å². The van der Waals surface area contributed by atoms with Crippen molar-refractivity contribution >= 4 is 11.6 Å². The number of halogens is 3. The molecule has 0 saturated carbocycles. The quantitative estimate of drug-likeness (QED) is 0.881. The van der Waals surface area contributed by atoms with Gasteiger partial charge >= 0.3 is 6.18 Å². The van der Waals surface area contributed by atoms with Crippen molar-refractivity contribution in [3.8, 4) is 5.69 Å². The van der Waals surface area contributed by atoms with Gasteiger partial charge in [0.1, 0.15) is 5.82 Å². The molecule has 0 aliphatic rings. The number of nitrogens with zero attached hydrogens (tertiary/aromatic N) is 2. The van der Waals surface area contributed by atoms with Crippen LogP contribution in [0, 0.1) is 6.92 Å². The highest BCUT2D eigenvalue weighted by atomic mass is 19.4. The maximum Gasteiger partial charge on any atom is 0.454 e. The lowest BCUT2D eigenvalue weighted by Gasteiger charge is -2.06. The number of allylic oxidation sites excluding steroid dienone is 1. The normalized spacial score (nSPS) is 11.8. The van der Waals surface area contributed by atoms with E-state index in [1.54, 1.807) is 13.0 Å². The van der Waals surface area contributed by atoms with Gasteiger partial charge in [0.15, 0.2) is 0 Å². The Labute approximate surface area is 118 Å². The third kappa shape index (κ3) is 3.71. The van der Waals surface area contributed by atoms with Gasteiger partial charge in [0, 0.05) is 18.3 Å². The average molecular weight is 295 g/mol. The van der Waals surface area contributed by atoms with Gasteiger partial charge in [-0.15, -0.1) is 0 Å².